The fourth-order valence-electron chi connectivity index (χ4n) is 3.73. The van der Waals surface area contributed by atoms with Gasteiger partial charge in [-0.2, -0.15) is 0 Å². The summed E-state index contributed by atoms with van der Waals surface area (Å²) in [6.45, 7) is 5.25. The van der Waals surface area contributed by atoms with Gasteiger partial charge in [-0.1, -0.05) is 32.0 Å². The van der Waals surface area contributed by atoms with Crippen molar-refractivity contribution < 1.29 is 4.74 Å². The molecule has 0 spiro atoms. The van der Waals surface area contributed by atoms with Crippen molar-refractivity contribution in [2.45, 2.75) is 51.1 Å². The van der Waals surface area contributed by atoms with Crippen LogP contribution in [-0.2, 0) is 6.42 Å². The highest BCUT2D eigenvalue weighted by atomic mass is 16.5. The molecule has 0 saturated heterocycles. The van der Waals surface area contributed by atoms with Crippen LogP contribution in [-0.4, -0.2) is 31.1 Å². The maximum absolute atomic E-state index is 5.99. The van der Waals surface area contributed by atoms with Gasteiger partial charge in [-0.25, -0.2) is 0 Å². The number of likely N-dealkylation sites (N-methyl/N-ethyl adjacent to an activating group) is 1. The Kier molecular flexibility index (Phi) is 5.25. The maximum atomic E-state index is 5.99. The summed E-state index contributed by atoms with van der Waals surface area (Å²) < 4.78 is 5.99. The van der Waals surface area contributed by atoms with Crippen LogP contribution >= 0.6 is 0 Å². The molecule has 3 N–H and O–H groups in total. The molecule has 1 heterocycles. The number of ether oxygens (including phenoxy) is 1. The van der Waals surface area contributed by atoms with Crippen molar-refractivity contribution in [3.8, 4) is 5.75 Å². The second kappa shape index (κ2) is 6.77. The highest BCUT2D eigenvalue weighted by molar-refractivity contribution is 5.45. The lowest BCUT2D eigenvalue weighted by molar-refractivity contribution is 0.0861. The average molecular weight is 291 g/mol. The zero-order valence-electron chi connectivity index (χ0n) is 13.8. The Bertz CT molecular complexity index is 469. The van der Waals surface area contributed by atoms with Crippen molar-refractivity contribution >= 4 is 0 Å². The van der Waals surface area contributed by atoms with Crippen molar-refractivity contribution in [3.05, 3.63) is 29.3 Å². The molecule has 1 atom stereocenters. The van der Waals surface area contributed by atoms with Crippen molar-refractivity contribution in [1.29, 1.82) is 0 Å². The lowest BCUT2D eigenvalue weighted by atomic mass is 9.79. The summed E-state index contributed by atoms with van der Waals surface area (Å²) in [6.07, 6.45) is 4.23. The molecule has 0 fully saturated rings. The number of para-hydroxylation sites is 1. The Morgan fingerprint density at radius 2 is 2.05 bits per heavy atom. The lowest BCUT2D eigenvalue weighted by Gasteiger charge is -2.45. The first-order chi connectivity index (χ1) is 10.1. The van der Waals surface area contributed by atoms with Crippen molar-refractivity contribution in [1.82, 2.24) is 10.3 Å². The first-order valence-corrected chi connectivity index (χ1v) is 7.98. The van der Waals surface area contributed by atoms with Crippen LogP contribution in [0.4, 0.5) is 0 Å². The van der Waals surface area contributed by atoms with Gasteiger partial charge in [0.25, 0.3) is 0 Å². The van der Waals surface area contributed by atoms with E-state index in [9.17, 15) is 0 Å². The molecule has 1 aliphatic rings. The second-order valence-corrected chi connectivity index (χ2v) is 6.09. The normalized spacial score (nSPS) is 16.5. The summed E-state index contributed by atoms with van der Waals surface area (Å²) >= 11 is 0. The van der Waals surface area contributed by atoms with Gasteiger partial charge in [-0.15, -0.1) is 0 Å². The van der Waals surface area contributed by atoms with Gasteiger partial charge in [0.1, 0.15) is 5.75 Å². The summed E-state index contributed by atoms with van der Waals surface area (Å²) in [4.78, 5) is 2.29. The summed E-state index contributed by atoms with van der Waals surface area (Å²) in [5.74, 6) is 7.02. The number of rotatable bonds is 6. The number of aryl methyl sites for hydroxylation is 1. The van der Waals surface area contributed by atoms with Crippen LogP contribution in [0.25, 0.3) is 0 Å². The van der Waals surface area contributed by atoms with Gasteiger partial charge in [-0.05, 0) is 45.3 Å². The Hall–Kier alpha value is -1.10. The number of nitrogens with two attached hydrogens (primary N) is 1. The minimum atomic E-state index is -0.0231. The highest BCUT2D eigenvalue weighted by Gasteiger charge is 2.40. The van der Waals surface area contributed by atoms with Gasteiger partial charge in [0, 0.05) is 11.1 Å². The molecule has 2 rings (SSSR count). The third kappa shape index (κ3) is 2.80. The molecule has 0 aliphatic carbocycles. The predicted molar refractivity (Wildman–Crippen MR) is 87.3 cm³/mol. The Morgan fingerprint density at radius 3 is 2.62 bits per heavy atom. The van der Waals surface area contributed by atoms with E-state index in [2.05, 4.69) is 56.5 Å². The van der Waals surface area contributed by atoms with Gasteiger partial charge in [-0.3, -0.25) is 11.3 Å². The topological polar surface area (TPSA) is 50.5 Å². The van der Waals surface area contributed by atoms with E-state index in [-0.39, 0.29) is 11.6 Å². The van der Waals surface area contributed by atoms with Crippen molar-refractivity contribution in [2.24, 2.45) is 5.84 Å². The van der Waals surface area contributed by atoms with E-state index in [1.54, 1.807) is 0 Å². The minimum Gasteiger partial charge on any atom is -0.493 e. The zero-order valence-corrected chi connectivity index (χ0v) is 13.8. The third-order valence-corrected chi connectivity index (χ3v) is 5.09. The molecule has 21 heavy (non-hydrogen) atoms. The second-order valence-electron chi connectivity index (χ2n) is 6.09. The Morgan fingerprint density at radius 1 is 1.33 bits per heavy atom. The number of hydrogen-bond donors (Lipinski definition) is 2. The highest BCUT2D eigenvalue weighted by Crippen LogP contribution is 2.41. The summed E-state index contributed by atoms with van der Waals surface area (Å²) in [7, 11) is 4.27. The Labute approximate surface area is 128 Å². The Balaban J connectivity index is 2.50. The predicted octanol–water partition coefficient (Wildman–Crippen LogP) is 2.64. The minimum absolute atomic E-state index is 0.0231. The molecular weight excluding hydrogens is 262 g/mol. The smallest absolute Gasteiger partial charge is 0.127 e. The number of nitrogens with one attached hydrogen (secondary N) is 1. The van der Waals surface area contributed by atoms with E-state index < -0.39 is 0 Å². The first kappa shape index (κ1) is 16.3. The van der Waals surface area contributed by atoms with Crippen LogP contribution in [0.2, 0.25) is 0 Å². The van der Waals surface area contributed by atoms with Crippen LogP contribution in [0, 0.1) is 0 Å². The van der Waals surface area contributed by atoms with Gasteiger partial charge in [0.15, 0.2) is 0 Å². The fourth-order valence-corrected chi connectivity index (χ4v) is 3.73. The maximum Gasteiger partial charge on any atom is 0.127 e. The van der Waals surface area contributed by atoms with Gasteiger partial charge in [0.2, 0.25) is 0 Å². The third-order valence-electron chi connectivity index (χ3n) is 5.09. The summed E-state index contributed by atoms with van der Waals surface area (Å²) in [5.41, 5.74) is 5.54. The summed E-state index contributed by atoms with van der Waals surface area (Å²) in [6, 6.07) is 6.49. The molecule has 0 bridgehead atoms. The van der Waals surface area contributed by atoms with Crippen LogP contribution < -0.4 is 16.0 Å². The molecule has 4 heteroatoms. The molecule has 1 aromatic carbocycles. The quantitative estimate of drug-likeness (QED) is 0.625. The van der Waals surface area contributed by atoms with Gasteiger partial charge in [0.05, 0.1) is 12.6 Å². The van der Waals surface area contributed by atoms with Crippen LogP contribution in [0.3, 0.4) is 0 Å². The molecule has 0 saturated carbocycles. The molecule has 1 unspecified atom stereocenters. The van der Waals surface area contributed by atoms with Crippen molar-refractivity contribution in [3.63, 3.8) is 0 Å². The first-order valence-electron chi connectivity index (χ1n) is 7.98. The van der Waals surface area contributed by atoms with Crippen LogP contribution in [0.1, 0.15) is 50.3 Å². The molecule has 0 radical (unpaired) electrons. The summed E-state index contributed by atoms with van der Waals surface area (Å²) in [5, 5.41) is 0. The monoisotopic (exact) mass is 291 g/mol. The number of benzene rings is 1. The van der Waals surface area contributed by atoms with E-state index in [4.69, 9.17) is 10.6 Å². The molecule has 0 amide bonds. The van der Waals surface area contributed by atoms with E-state index in [1.165, 1.54) is 11.1 Å². The number of hydrogen-bond acceptors (Lipinski definition) is 4. The molecule has 4 nitrogen and oxygen atoms in total. The SMILES string of the molecule is CCC(CC)(C(NN)c1cccc2c1OCCC2)N(C)C. The van der Waals surface area contributed by atoms with E-state index in [0.29, 0.717) is 0 Å². The number of nitrogens with zero attached hydrogens (tertiary/aromatic N) is 1. The molecule has 1 aromatic rings. The molecule has 0 aromatic heterocycles. The van der Waals surface area contributed by atoms with Crippen molar-refractivity contribution in [2.75, 3.05) is 20.7 Å². The molecule has 118 valence electrons. The van der Waals surface area contributed by atoms with E-state index >= 15 is 0 Å². The largest absolute Gasteiger partial charge is 0.493 e. The standard InChI is InChI=1S/C17H29N3O/c1-5-17(6-2,20(3)4)16(19-18)14-11-7-9-13-10-8-12-21-15(13)14/h7,9,11,16,19H,5-6,8,10,12,18H2,1-4H3. The average Bonchev–Trinajstić information content (AvgIpc) is 2.52. The number of hydrazine groups is 1. The van der Waals surface area contributed by atoms with E-state index in [0.717, 1.165) is 38.0 Å². The van der Waals surface area contributed by atoms with Crippen LogP contribution in [0.5, 0.6) is 5.75 Å². The fraction of sp³-hybridized carbons (Fsp3) is 0.647. The van der Waals surface area contributed by atoms with Gasteiger partial charge < -0.3 is 9.64 Å². The number of fused-ring (bicyclic) bond motifs is 1. The lowest BCUT2D eigenvalue weighted by Crippen LogP contribution is -2.54. The van der Waals surface area contributed by atoms with Crippen LogP contribution in [0.15, 0.2) is 18.2 Å². The van der Waals surface area contributed by atoms with E-state index in [1.807, 2.05) is 0 Å². The molecular formula is C17H29N3O. The zero-order chi connectivity index (χ0) is 15.5. The molecule has 1 aliphatic heterocycles. The van der Waals surface area contributed by atoms with Gasteiger partial charge >= 0.3 is 0 Å².